The van der Waals surface area contributed by atoms with Gasteiger partial charge in [0.25, 0.3) is 6.16 Å². The van der Waals surface area contributed by atoms with Crippen molar-refractivity contribution in [2.45, 2.75) is 96.8 Å². The van der Waals surface area contributed by atoms with Crippen LogP contribution >= 0.6 is 0 Å². The Kier molecular flexibility index (Phi) is 21.9. The molecule has 21 heavy (non-hydrogen) atoms. The van der Waals surface area contributed by atoms with Crippen LogP contribution in [0.2, 0.25) is 0 Å². The van der Waals surface area contributed by atoms with Crippen molar-refractivity contribution in [3.63, 3.8) is 0 Å². The van der Waals surface area contributed by atoms with Crippen molar-refractivity contribution in [2.75, 3.05) is 6.61 Å². The zero-order valence-electron chi connectivity index (χ0n) is 14.3. The number of ether oxygens (including phenoxy) is 1. The van der Waals surface area contributed by atoms with Gasteiger partial charge in [0.05, 0.1) is 0 Å². The molecule has 0 aromatic heterocycles. The first-order chi connectivity index (χ1) is 9.77. The second-order valence-electron chi connectivity index (χ2n) is 5.69. The van der Waals surface area contributed by atoms with E-state index < -0.39 is 6.16 Å². The first-order valence-corrected chi connectivity index (χ1v) is 8.61. The largest absolute Gasteiger partial charge is 1.00 e. The van der Waals surface area contributed by atoms with E-state index >= 15 is 0 Å². The van der Waals surface area contributed by atoms with E-state index in [9.17, 15) is 9.90 Å². The molecule has 0 aliphatic heterocycles. The van der Waals surface area contributed by atoms with Crippen LogP contribution in [-0.2, 0) is 4.74 Å². The molecule has 0 N–H and O–H groups in total. The number of hydrogen-bond donors (Lipinski definition) is 0. The summed E-state index contributed by atoms with van der Waals surface area (Å²) in [5.74, 6) is 0. The van der Waals surface area contributed by atoms with Crippen LogP contribution in [0.3, 0.4) is 0 Å². The quantitative estimate of drug-likeness (QED) is 0.263. The molecule has 0 unspecified atom stereocenters. The molecule has 120 valence electrons. The Bertz CT molecular complexity index is 210. The van der Waals surface area contributed by atoms with Gasteiger partial charge in [-0.05, 0) is 6.42 Å². The summed E-state index contributed by atoms with van der Waals surface area (Å²) in [5.41, 5.74) is 0. The number of hydrogen-bond acceptors (Lipinski definition) is 3. The van der Waals surface area contributed by atoms with E-state index in [4.69, 9.17) is 0 Å². The van der Waals surface area contributed by atoms with Gasteiger partial charge < -0.3 is 14.6 Å². The van der Waals surface area contributed by atoms with Crippen LogP contribution in [0.5, 0.6) is 0 Å². The maximum absolute atomic E-state index is 10.00. The van der Waals surface area contributed by atoms with Gasteiger partial charge in [-0.2, -0.15) is 0 Å². The summed E-state index contributed by atoms with van der Waals surface area (Å²) in [6.45, 7) is 2.55. The van der Waals surface area contributed by atoms with Gasteiger partial charge in [0.2, 0.25) is 0 Å². The third-order valence-electron chi connectivity index (χ3n) is 3.72. The van der Waals surface area contributed by atoms with Crippen LogP contribution in [0.1, 0.15) is 96.8 Å². The molecule has 0 heterocycles. The van der Waals surface area contributed by atoms with Crippen molar-refractivity contribution in [2.24, 2.45) is 0 Å². The molecule has 0 aliphatic carbocycles. The number of carboxylic acid groups (broad SMARTS) is 1. The van der Waals surface area contributed by atoms with Crippen LogP contribution in [0.25, 0.3) is 0 Å². The Morgan fingerprint density at radius 2 is 1.05 bits per heavy atom. The average molecular weight is 292 g/mol. The Balaban J connectivity index is 0. The molecule has 0 amide bonds. The Hall–Kier alpha value is -0.133. The number of rotatable bonds is 15. The minimum Gasteiger partial charge on any atom is -0.550 e. The van der Waals surface area contributed by atoms with E-state index in [0.717, 1.165) is 12.8 Å². The first-order valence-electron chi connectivity index (χ1n) is 8.61. The van der Waals surface area contributed by atoms with E-state index in [1.54, 1.807) is 0 Å². The third kappa shape index (κ3) is 22.3. The Morgan fingerprint density at radius 1 is 0.714 bits per heavy atom. The molecule has 3 nitrogen and oxygen atoms in total. The summed E-state index contributed by atoms with van der Waals surface area (Å²) in [4.78, 5) is 10.00. The zero-order valence-corrected chi connectivity index (χ0v) is 14.3. The van der Waals surface area contributed by atoms with Gasteiger partial charge >= 0.3 is 18.9 Å². The molecule has 0 bridgehead atoms. The van der Waals surface area contributed by atoms with E-state index in [2.05, 4.69) is 11.7 Å². The summed E-state index contributed by atoms with van der Waals surface area (Å²) in [6, 6.07) is 0. The van der Waals surface area contributed by atoms with Crippen LogP contribution in [-0.4, -0.2) is 12.8 Å². The predicted octanol–water partition coefficient (Wildman–Crippen LogP) is 1.83. The van der Waals surface area contributed by atoms with E-state index in [0.29, 0.717) is 6.61 Å². The second-order valence-corrected chi connectivity index (χ2v) is 5.69. The summed E-state index contributed by atoms with van der Waals surface area (Å²) >= 11 is 0. The topological polar surface area (TPSA) is 49.4 Å². The van der Waals surface area contributed by atoms with E-state index in [1.807, 2.05) is 0 Å². The Morgan fingerprint density at radius 3 is 1.38 bits per heavy atom. The van der Waals surface area contributed by atoms with Crippen molar-refractivity contribution in [1.82, 2.24) is 0 Å². The van der Waals surface area contributed by atoms with Gasteiger partial charge in [-0.1, -0.05) is 90.4 Å². The smallest absolute Gasteiger partial charge is 0.550 e. The fraction of sp³-hybridized carbons (Fsp3) is 0.941. The molecule has 0 atom stereocenters. The zero-order chi connectivity index (χ0) is 14.9. The number of carbonyl (C=O) groups is 1. The molecule has 0 aliphatic rings. The normalized spacial score (nSPS) is 10.1. The fourth-order valence-corrected chi connectivity index (χ4v) is 2.45. The van der Waals surface area contributed by atoms with Crippen LogP contribution in [0.15, 0.2) is 0 Å². The minimum absolute atomic E-state index is 0. The van der Waals surface area contributed by atoms with E-state index in [-0.39, 0.29) is 18.9 Å². The summed E-state index contributed by atoms with van der Waals surface area (Å²) in [6.07, 6.45) is 16.8. The molecule has 0 aromatic rings. The van der Waals surface area contributed by atoms with Gasteiger partial charge in [0, 0.05) is 6.61 Å². The molecule has 4 heteroatoms. The molecule has 0 saturated carbocycles. The van der Waals surface area contributed by atoms with Crippen LogP contribution in [0, 0.1) is 0 Å². The maximum Gasteiger partial charge on any atom is 1.00 e. The third-order valence-corrected chi connectivity index (χ3v) is 3.72. The maximum atomic E-state index is 10.00. The molecule has 0 spiro atoms. The number of unbranched alkanes of at least 4 members (excludes halogenated alkanes) is 13. The van der Waals surface area contributed by atoms with Crippen molar-refractivity contribution in [3.8, 4) is 0 Å². The molecule has 0 radical (unpaired) electrons. The minimum atomic E-state index is -1.40. The van der Waals surface area contributed by atoms with Crippen molar-refractivity contribution in [3.05, 3.63) is 0 Å². The summed E-state index contributed by atoms with van der Waals surface area (Å²) in [7, 11) is 0. The fourth-order valence-electron chi connectivity index (χ4n) is 2.45. The van der Waals surface area contributed by atoms with E-state index in [1.165, 1.54) is 77.0 Å². The van der Waals surface area contributed by atoms with Crippen molar-refractivity contribution < 1.29 is 33.5 Å². The Labute approximate surface area is 143 Å². The molecule has 0 aromatic carbocycles. The molecule has 0 rings (SSSR count). The average Bonchev–Trinajstić information content (AvgIpc) is 2.43. The van der Waals surface area contributed by atoms with Crippen molar-refractivity contribution in [1.29, 1.82) is 0 Å². The molecule has 0 saturated heterocycles. The van der Waals surface area contributed by atoms with Gasteiger partial charge in [0.15, 0.2) is 0 Å². The van der Waals surface area contributed by atoms with Crippen LogP contribution < -0.4 is 24.0 Å². The SMILES string of the molecule is CCCCCCCCCCCCCCCCOC(=O)[O-].[Li+]. The number of carbonyl (C=O) groups excluding carboxylic acids is 1. The predicted molar refractivity (Wildman–Crippen MR) is 81.7 cm³/mol. The summed E-state index contributed by atoms with van der Waals surface area (Å²) < 4.78 is 4.35. The van der Waals surface area contributed by atoms with Gasteiger partial charge in [0.1, 0.15) is 0 Å². The standard InChI is InChI=1S/C17H34O3.Li/c1-2-3-4-5-6-7-8-9-10-11-12-13-14-15-16-20-17(18)19;/h2-16H2,1H3,(H,18,19);/q;+1/p-1. The molecular weight excluding hydrogens is 259 g/mol. The van der Waals surface area contributed by atoms with Gasteiger partial charge in [-0.15, -0.1) is 0 Å². The van der Waals surface area contributed by atoms with Gasteiger partial charge in [-0.25, -0.2) is 0 Å². The van der Waals surface area contributed by atoms with Crippen molar-refractivity contribution >= 4 is 6.16 Å². The second kappa shape index (κ2) is 19.9. The monoisotopic (exact) mass is 292 g/mol. The molecular formula is C17H33LiO3. The van der Waals surface area contributed by atoms with Crippen LogP contribution in [0.4, 0.5) is 4.79 Å². The van der Waals surface area contributed by atoms with Gasteiger partial charge in [-0.3, -0.25) is 0 Å². The first kappa shape index (κ1) is 23.1. The molecule has 0 fully saturated rings. The summed E-state index contributed by atoms with van der Waals surface area (Å²) in [5, 5.41) is 10.00.